The lowest BCUT2D eigenvalue weighted by molar-refractivity contribution is 0.405. The van der Waals surface area contributed by atoms with Gasteiger partial charge in [-0.25, -0.2) is 4.98 Å². The predicted octanol–water partition coefficient (Wildman–Crippen LogP) is -0.502. The highest BCUT2D eigenvalue weighted by Gasteiger charge is 1.99. The first-order chi connectivity index (χ1) is 5.77. The summed E-state index contributed by atoms with van der Waals surface area (Å²) in [6.07, 6.45) is 1.41. The van der Waals surface area contributed by atoms with Crippen LogP contribution in [0.5, 0.6) is 5.75 Å². The molecule has 5 nitrogen and oxygen atoms in total. The topological polar surface area (TPSA) is 67.0 Å². The molecule has 0 spiro atoms. The average Bonchev–Trinajstić information content (AvgIpc) is 2.05. The van der Waals surface area contributed by atoms with Crippen LogP contribution in [0.4, 0.5) is 0 Å². The third kappa shape index (κ3) is 1.82. The second-order valence-electron chi connectivity index (χ2n) is 2.26. The van der Waals surface area contributed by atoms with Crippen molar-refractivity contribution in [3.8, 4) is 5.75 Å². The highest BCUT2D eigenvalue weighted by molar-refractivity contribution is 5.12. The Hall–Kier alpha value is -1.36. The van der Waals surface area contributed by atoms with Crippen molar-refractivity contribution in [2.24, 2.45) is 0 Å². The summed E-state index contributed by atoms with van der Waals surface area (Å²) in [5, 5.41) is 2.88. The Morgan fingerprint density at radius 1 is 1.75 bits per heavy atom. The Kier molecular flexibility index (Phi) is 2.82. The Morgan fingerprint density at radius 3 is 3.00 bits per heavy atom. The minimum absolute atomic E-state index is 0.231. The number of rotatable bonds is 3. The van der Waals surface area contributed by atoms with Gasteiger partial charge in [-0.05, 0) is 7.05 Å². The zero-order valence-corrected chi connectivity index (χ0v) is 7.05. The van der Waals surface area contributed by atoms with Crippen LogP contribution in [0.25, 0.3) is 0 Å². The summed E-state index contributed by atoms with van der Waals surface area (Å²) in [6.45, 7) is 0.541. The number of hydrogen-bond donors (Lipinski definition) is 2. The standard InChI is InChI=1S/C7H11N3O2/c1-8-4-6-9-3-5(12-2)7(11)10-6/h3,8H,4H2,1-2H3,(H,9,10,11). The first-order valence-electron chi connectivity index (χ1n) is 3.54. The maximum Gasteiger partial charge on any atom is 0.293 e. The molecule has 0 aromatic carbocycles. The van der Waals surface area contributed by atoms with E-state index in [2.05, 4.69) is 15.3 Å². The third-order valence-electron chi connectivity index (χ3n) is 1.38. The van der Waals surface area contributed by atoms with Crippen LogP contribution >= 0.6 is 0 Å². The fourth-order valence-electron chi connectivity index (χ4n) is 0.823. The van der Waals surface area contributed by atoms with E-state index < -0.39 is 0 Å². The Bertz CT molecular complexity index is 308. The van der Waals surface area contributed by atoms with Gasteiger partial charge in [0.2, 0.25) is 5.75 Å². The molecule has 0 fully saturated rings. The van der Waals surface area contributed by atoms with E-state index in [1.54, 1.807) is 7.05 Å². The van der Waals surface area contributed by atoms with Crippen molar-refractivity contribution in [1.29, 1.82) is 0 Å². The van der Waals surface area contributed by atoms with E-state index in [9.17, 15) is 4.79 Å². The van der Waals surface area contributed by atoms with Crippen LogP contribution < -0.4 is 15.6 Å². The van der Waals surface area contributed by atoms with E-state index in [0.29, 0.717) is 12.4 Å². The van der Waals surface area contributed by atoms with Crippen LogP contribution in [-0.2, 0) is 6.54 Å². The molecule has 0 atom stereocenters. The van der Waals surface area contributed by atoms with Crippen molar-refractivity contribution in [3.05, 3.63) is 22.4 Å². The fourth-order valence-corrected chi connectivity index (χ4v) is 0.823. The number of aromatic amines is 1. The fraction of sp³-hybridized carbons (Fsp3) is 0.429. The van der Waals surface area contributed by atoms with Crippen molar-refractivity contribution in [1.82, 2.24) is 15.3 Å². The predicted molar refractivity (Wildman–Crippen MR) is 44.2 cm³/mol. The highest BCUT2D eigenvalue weighted by Crippen LogP contribution is 1.96. The van der Waals surface area contributed by atoms with Gasteiger partial charge in [0.1, 0.15) is 5.82 Å². The molecule has 5 heteroatoms. The Morgan fingerprint density at radius 2 is 2.50 bits per heavy atom. The summed E-state index contributed by atoms with van der Waals surface area (Å²) < 4.78 is 4.75. The van der Waals surface area contributed by atoms with E-state index in [4.69, 9.17) is 4.74 Å². The molecular weight excluding hydrogens is 158 g/mol. The molecule has 0 radical (unpaired) electrons. The number of nitrogens with one attached hydrogen (secondary N) is 2. The molecule has 0 aliphatic heterocycles. The molecule has 0 bridgehead atoms. The van der Waals surface area contributed by atoms with E-state index in [1.807, 2.05) is 0 Å². The smallest absolute Gasteiger partial charge is 0.293 e. The lowest BCUT2D eigenvalue weighted by atomic mass is 10.5. The van der Waals surface area contributed by atoms with Gasteiger partial charge >= 0.3 is 0 Å². The van der Waals surface area contributed by atoms with Crippen molar-refractivity contribution in [2.45, 2.75) is 6.54 Å². The minimum atomic E-state index is -0.252. The molecule has 0 amide bonds. The monoisotopic (exact) mass is 169 g/mol. The normalized spacial score (nSPS) is 9.83. The minimum Gasteiger partial charge on any atom is -0.490 e. The van der Waals surface area contributed by atoms with Gasteiger partial charge in [0, 0.05) is 0 Å². The summed E-state index contributed by atoms with van der Waals surface area (Å²) in [5.74, 6) is 0.832. The van der Waals surface area contributed by atoms with Gasteiger partial charge in [0.15, 0.2) is 0 Å². The molecule has 1 aromatic heterocycles. The quantitative estimate of drug-likeness (QED) is 0.640. The molecule has 0 unspecified atom stereocenters. The number of hydrogen-bond acceptors (Lipinski definition) is 4. The van der Waals surface area contributed by atoms with Crippen LogP contribution in [-0.4, -0.2) is 24.1 Å². The number of nitrogens with zero attached hydrogens (tertiary/aromatic N) is 1. The molecule has 66 valence electrons. The number of aromatic nitrogens is 2. The summed E-state index contributed by atoms with van der Waals surface area (Å²) >= 11 is 0. The van der Waals surface area contributed by atoms with Gasteiger partial charge in [-0.15, -0.1) is 0 Å². The second kappa shape index (κ2) is 3.87. The first kappa shape index (κ1) is 8.73. The molecule has 12 heavy (non-hydrogen) atoms. The van der Waals surface area contributed by atoms with Gasteiger partial charge in [-0.1, -0.05) is 0 Å². The van der Waals surface area contributed by atoms with Gasteiger partial charge in [-0.2, -0.15) is 0 Å². The van der Waals surface area contributed by atoms with Crippen molar-refractivity contribution < 1.29 is 4.74 Å². The molecular formula is C7H11N3O2. The molecule has 0 aliphatic rings. The Balaban J connectivity index is 2.94. The molecule has 2 N–H and O–H groups in total. The molecule has 1 heterocycles. The van der Waals surface area contributed by atoms with Crippen molar-refractivity contribution in [3.63, 3.8) is 0 Å². The summed E-state index contributed by atoms with van der Waals surface area (Å²) in [7, 11) is 3.22. The summed E-state index contributed by atoms with van der Waals surface area (Å²) in [4.78, 5) is 17.6. The van der Waals surface area contributed by atoms with Gasteiger partial charge in [-0.3, -0.25) is 4.79 Å². The summed E-state index contributed by atoms with van der Waals surface area (Å²) in [6, 6.07) is 0. The maximum atomic E-state index is 11.1. The highest BCUT2D eigenvalue weighted by atomic mass is 16.5. The lowest BCUT2D eigenvalue weighted by Crippen LogP contribution is -2.17. The van der Waals surface area contributed by atoms with Crippen molar-refractivity contribution >= 4 is 0 Å². The van der Waals surface area contributed by atoms with Crippen molar-refractivity contribution in [2.75, 3.05) is 14.2 Å². The van der Waals surface area contributed by atoms with E-state index in [0.717, 1.165) is 0 Å². The van der Waals surface area contributed by atoms with Gasteiger partial charge in [0.05, 0.1) is 19.9 Å². The first-order valence-corrected chi connectivity index (χ1v) is 3.54. The molecule has 1 rings (SSSR count). The number of H-pyrrole nitrogens is 1. The lowest BCUT2D eigenvalue weighted by Gasteiger charge is -2.00. The van der Waals surface area contributed by atoms with Crippen LogP contribution in [0.1, 0.15) is 5.82 Å². The van der Waals surface area contributed by atoms with Crippen LogP contribution in [0.2, 0.25) is 0 Å². The van der Waals surface area contributed by atoms with Gasteiger partial charge < -0.3 is 15.0 Å². The zero-order valence-electron chi connectivity index (χ0n) is 7.05. The van der Waals surface area contributed by atoms with Gasteiger partial charge in [0.25, 0.3) is 5.56 Å². The summed E-state index contributed by atoms with van der Waals surface area (Å²) in [5.41, 5.74) is -0.252. The average molecular weight is 169 g/mol. The maximum absolute atomic E-state index is 11.1. The largest absolute Gasteiger partial charge is 0.490 e. The van der Waals surface area contributed by atoms with Crippen LogP contribution in [0.15, 0.2) is 11.0 Å². The number of methoxy groups -OCH3 is 1. The number of ether oxygens (including phenoxy) is 1. The van der Waals surface area contributed by atoms with E-state index in [-0.39, 0.29) is 11.3 Å². The third-order valence-corrected chi connectivity index (χ3v) is 1.38. The SMILES string of the molecule is CNCc1ncc(OC)c(=O)[nH]1. The van der Waals surface area contributed by atoms with E-state index >= 15 is 0 Å². The van der Waals surface area contributed by atoms with E-state index in [1.165, 1.54) is 13.3 Å². The molecule has 1 aromatic rings. The Labute approximate surface area is 69.8 Å². The van der Waals surface area contributed by atoms with Crippen LogP contribution in [0.3, 0.4) is 0 Å². The molecule has 0 aliphatic carbocycles. The second-order valence-corrected chi connectivity index (χ2v) is 2.26. The van der Waals surface area contributed by atoms with Crippen LogP contribution in [0, 0.1) is 0 Å². The zero-order chi connectivity index (χ0) is 8.97. The molecule has 0 saturated heterocycles. The molecule has 0 saturated carbocycles.